The van der Waals surface area contributed by atoms with Gasteiger partial charge in [-0.15, -0.1) is 11.3 Å². The molecule has 1 aromatic heterocycles. The van der Waals surface area contributed by atoms with Gasteiger partial charge < -0.3 is 10.6 Å². The maximum absolute atomic E-state index is 12.4. The minimum absolute atomic E-state index is 0.161. The lowest BCUT2D eigenvalue weighted by atomic mass is 9.99. The van der Waals surface area contributed by atoms with Crippen molar-refractivity contribution in [3.63, 3.8) is 0 Å². The molecule has 1 amide bonds. The monoisotopic (exact) mass is 272 g/mol. The van der Waals surface area contributed by atoms with E-state index in [1.54, 1.807) is 11.3 Å². The first kappa shape index (κ1) is 12.2. The lowest BCUT2D eigenvalue weighted by Crippen LogP contribution is -2.36. The molecular formula is C15H16N2OS. The fourth-order valence-corrected chi connectivity index (χ4v) is 3.26. The van der Waals surface area contributed by atoms with E-state index in [0.29, 0.717) is 6.42 Å². The summed E-state index contributed by atoms with van der Waals surface area (Å²) in [5.74, 6) is 0.161. The Labute approximate surface area is 116 Å². The molecule has 1 aliphatic heterocycles. The fourth-order valence-electron chi connectivity index (χ4n) is 2.57. The Balaban J connectivity index is 1.87. The summed E-state index contributed by atoms with van der Waals surface area (Å²) in [6, 6.07) is 9.82. The zero-order valence-electron chi connectivity index (χ0n) is 10.6. The predicted octanol–water partition coefficient (Wildman–Crippen LogP) is 2.85. The number of amides is 1. The first-order valence-corrected chi connectivity index (χ1v) is 7.34. The average molecular weight is 272 g/mol. The number of nitrogen functional groups attached to an aromatic ring is 1. The van der Waals surface area contributed by atoms with Crippen LogP contribution in [0.25, 0.3) is 0 Å². The van der Waals surface area contributed by atoms with E-state index in [4.69, 9.17) is 5.73 Å². The van der Waals surface area contributed by atoms with E-state index in [1.807, 2.05) is 40.6 Å². The second kappa shape index (κ2) is 5.05. The van der Waals surface area contributed by atoms with E-state index in [-0.39, 0.29) is 5.91 Å². The van der Waals surface area contributed by atoms with Gasteiger partial charge in [-0.3, -0.25) is 4.79 Å². The molecule has 1 aliphatic rings. The molecule has 0 atom stereocenters. The lowest BCUT2D eigenvalue weighted by molar-refractivity contribution is -0.118. The van der Waals surface area contributed by atoms with Crippen LogP contribution < -0.4 is 10.6 Å². The zero-order valence-corrected chi connectivity index (χ0v) is 11.5. The molecule has 0 unspecified atom stereocenters. The number of anilines is 2. The van der Waals surface area contributed by atoms with Crippen LogP contribution in [0.1, 0.15) is 16.9 Å². The van der Waals surface area contributed by atoms with Gasteiger partial charge in [-0.25, -0.2) is 0 Å². The Morgan fingerprint density at radius 3 is 3.00 bits per heavy atom. The summed E-state index contributed by atoms with van der Waals surface area (Å²) >= 11 is 1.63. The maximum atomic E-state index is 12.4. The fraction of sp³-hybridized carbons (Fsp3) is 0.267. The van der Waals surface area contributed by atoms with Crippen molar-refractivity contribution in [2.24, 2.45) is 0 Å². The normalized spacial score (nSPS) is 14.2. The van der Waals surface area contributed by atoms with Crippen LogP contribution in [0.4, 0.5) is 11.4 Å². The van der Waals surface area contributed by atoms with Gasteiger partial charge in [0.1, 0.15) is 0 Å². The topological polar surface area (TPSA) is 46.3 Å². The van der Waals surface area contributed by atoms with Crippen LogP contribution in [0.3, 0.4) is 0 Å². The van der Waals surface area contributed by atoms with Gasteiger partial charge in [0.25, 0.3) is 0 Å². The van der Waals surface area contributed by atoms with Gasteiger partial charge >= 0.3 is 0 Å². The molecule has 0 radical (unpaired) electrons. The number of nitrogens with zero attached hydrogens (tertiary/aromatic N) is 1. The van der Waals surface area contributed by atoms with E-state index < -0.39 is 0 Å². The van der Waals surface area contributed by atoms with Crippen molar-refractivity contribution in [1.29, 1.82) is 0 Å². The minimum atomic E-state index is 0.161. The van der Waals surface area contributed by atoms with E-state index in [0.717, 1.165) is 41.2 Å². The van der Waals surface area contributed by atoms with Crippen LogP contribution in [0.2, 0.25) is 0 Å². The molecule has 3 rings (SSSR count). The Kier molecular flexibility index (Phi) is 3.25. The third-order valence-corrected chi connectivity index (χ3v) is 4.37. The molecule has 0 fully saturated rings. The van der Waals surface area contributed by atoms with Gasteiger partial charge in [-0.05, 0) is 42.0 Å². The summed E-state index contributed by atoms with van der Waals surface area (Å²) in [5.41, 5.74) is 8.91. The van der Waals surface area contributed by atoms with Crippen molar-refractivity contribution in [3.8, 4) is 0 Å². The van der Waals surface area contributed by atoms with Crippen molar-refractivity contribution in [3.05, 3.63) is 46.2 Å². The Morgan fingerprint density at radius 2 is 2.21 bits per heavy atom. The van der Waals surface area contributed by atoms with E-state index >= 15 is 0 Å². The minimum Gasteiger partial charge on any atom is -0.398 e. The number of nitrogens with two attached hydrogens (primary N) is 1. The number of hydrogen-bond donors (Lipinski definition) is 1. The first-order valence-electron chi connectivity index (χ1n) is 6.46. The predicted molar refractivity (Wildman–Crippen MR) is 79.6 cm³/mol. The third-order valence-electron chi connectivity index (χ3n) is 3.49. The molecule has 4 heteroatoms. The second-order valence-corrected chi connectivity index (χ2v) is 5.78. The molecule has 0 saturated carbocycles. The van der Waals surface area contributed by atoms with E-state index in [2.05, 4.69) is 0 Å². The van der Waals surface area contributed by atoms with Crippen LogP contribution in [0.15, 0.2) is 35.7 Å². The lowest BCUT2D eigenvalue weighted by Gasteiger charge is -2.30. The smallest absolute Gasteiger partial charge is 0.232 e. The van der Waals surface area contributed by atoms with Gasteiger partial charge in [0, 0.05) is 22.8 Å². The number of hydrogen-bond acceptors (Lipinski definition) is 3. The molecule has 0 aliphatic carbocycles. The standard InChI is InChI=1S/C15H16N2OS/c16-13-6-1-7-14-12(13)5-2-8-17(14)15(18)10-11-4-3-9-19-11/h1,3-4,6-7,9H,2,5,8,10,16H2. The molecule has 3 nitrogen and oxygen atoms in total. The molecule has 2 aromatic rings. The highest BCUT2D eigenvalue weighted by Gasteiger charge is 2.23. The van der Waals surface area contributed by atoms with Crippen LogP contribution >= 0.6 is 11.3 Å². The Bertz CT molecular complexity index is 592. The van der Waals surface area contributed by atoms with Crippen LogP contribution in [0, 0.1) is 0 Å². The quantitative estimate of drug-likeness (QED) is 0.854. The van der Waals surface area contributed by atoms with Crippen molar-refractivity contribution in [1.82, 2.24) is 0 Å². The number of carbonyl (C=O) groups is 1. The first-order chi connectivity index (χ1) is 9.25. The SMILES string of the molecule is Nc1cccc2c1CCCN2C(=O)Cc1cccs1. The summed E-state index contributed by atoms with van der Waals surface area (Å²) < 4.78 is 0. The van der Waals surface area contributed by atoms with Crippen LogP contribution in [0.5, 0.6) is 0 Å². The molecule has 19 heavy (non-hydrogen) atoms. The highest BCUT2D eigenvalue weighted by molar-refractivity contribution is 7.10. The summed E-state index contributed by atoms with van der Waals surface area (Å²) in [5, 5.41) is 2.00. The molecule has 2 heterocycles. The second-order valence-electron chi connectivity index (χ2n) is 4.75. The van der Waals surface area contributed by atoms with Crippen molar-refractivity contribution in [2.75, 3.05) is 17.2 Å². The highest BCUT2D eigenvalue weighted by Crippen LogP contribution is 2.31. The Morgan fingerprint density at radius 1 is 1.32 bits per heavy atom. The van der Waals surface area contributed by atoms with Gasteiger partial charge in [-0.1, -0.05) is 12.1 Å². The van der Waals surface area contributed by atoms with Crippen LogP contribution in [-0.4, -0.2) is 12.5 Å². The van der Waals surface area contributed by atoms with Crippen molar-refractivity contribution < 1.29 is 4.79 Å². The molecule has 0 bridgehead atoms. The van der Waals surface area contributed by atoms with Crippen molar-refractivity contribution >= 4 is 28.6 Å². The summed E-state index contributed by atoms with van der Waals surface area (Å²) in [7, 11) is 0. The van der Waals surface area contributed by atoms with Gasteiger partial charge in [-0.2, -0.15) is 0 Å². The van der Waals surface area contributed by atoms with Crippen molar-refractivity contribution in [2.45, 2.75) is 19.3 Å². The number of rotatable bonds is 2. The summed E-state index contributed by atoms with van der Waals surface area (Å²) in [6.07, 6.45) is 2.42. The highest BCUT2D eigenvalue weighted by atomic mass is 32.1. The number of fused-ring (bicyclic) bond motifs is 1. The largest absolute Gasteiger partial charge is 0.398 e. The Hall–Kier alpha value is -1.81. The zero-order chi connectivity index (χ0) is 13.2. The van der Waals surface area contributed by atoms with Crippen LogP contribution in [-0.2, 0) is 17.6 Å². The average Bonchev–Trinajstić information content (AvgIpc) is 2.91. The molecular weight excluding hydrogens is 256 g/mol. The van der Waals surface area contributed by atoms with E-state index in [9.17, 15) is 4.79 Å². The molecule has 0 saturated heterocycles. The number of benzene rings is 1. The molecule has 1 aromatic carbocycles. The third kappa shape index (κ3) is 2.36. The molecule has 98 valence electrons. The summed E-state index contributed by atoms with van der Waals surface area (Å²) in [4.78, 5) is 15.4. The summed E-state index contributed by atoms with van der Waals surface area (Å²) in [6.45, 7) is 0.792. The molecule has 0 spiro atoms. The molecule has 2 N–H and O–H groups in total. The van der Waals surface area contributed by atoms with Gasteiger partial charge in [0.05, 0.1) is 6.42 Å². The maximum Gasteiger partial charge on any atom is 0.232 e. The van der Waals surface area contributed by atoms with Gasteiger partial charge in [0.15, 0.2) is 0 Å². The van der Waals surface area contributed by atoms with E-state index in [1.165, 1.54) is 0 Å². The number of thiophene rings is 1. The number of carbonyl (C=O) groups excluding carboxylic acids is 1. The van der Waals surface area contributed by atoms with Gasteiger partial charge in [0.2, 0.25) is 5.91 Å².